The first-order chi connectivity index (χ1) is 69.6. The smallest absolute Gasteiger partial charge is 0.168 e. The average Bonchev–Trinajstić information content (AvgIpc) is 1.63. The van der Waals surface area contributed by atoms with E-state index < -0.39 is 0 Å². The maximum atomic E-state index is 6.13. The number of thiophene rings is 4. The van der Waals surface area contributed by atoms with E-state index in [1.54, 1.807) is 63.9 Å². The molecule has 12 aromatic heterocycles. The zero-order valence-electron chi connectivity index (χ0n) is 82.1. The Morgan fingerprint density at radius 1 is 0.350 bits per heavy atom. The Labute approximate surface area is 849 Å². The molecule has 26 nitrogen and oxygen atoms in total. The predicted molar refractivity (Wildman–Crippen MR) is 602 cm³/mol. The van der Waals surface area contributed by atoms with Crippen LogP contribution in [0, 0.1) is 0 Å². The molecule has 18 aromatic rings. The Bertz CT molecular complexity index is 7280. The SMILES string of the molecule is CN(C)CCc1c[nH]c2ccc(N=C(N)c3cccs3)cc12.CN1CC=C(c2c[nH]c3ccc(CN=C(N)c4cccs4)cc23)CC1.CN1CC=C(c2c[nH]c3ccc(N=C(N)c4ccco4)cc23)CC1.CN1CC=C(c2c[nH]c3ccc(N=C(N)c4cccs4)cc23)CC1.CN1CCC(c2c[nH]c3ccc(N=C(N)c4ccco4)cc23)CC1.CN1CCC(c2c[nH]c3ccc(N=C(N)c4cccs4)cc23)CC1. The van der Waals surface area contributed by atoms with Gasteiger partial charge in [-0.2, -0.15) is 0 Å². The molecular formula is C113H126N24O2S4. The first-order valence-corrected chi connectivity index (χ1v) is 52.2. The van der Waals surface area contributed by atoms with Crippen molar-refractivity contribution in [1.82, 2.24) is 59.3 Å². The van der Waals surface area contributed by atoms with Gasteiger partial charge in [-0.15, -0.1) is 45.3 Å². The number of piperidine rings is 2. The summed E-state index contributed by atoms with van der Waals surface area (Å²) in [5, 5.41) is 15.5. The third-order valence-electron chi connectivity index (χ3n) is 27.0. The van der Waals surface area contributed by atoms with Crippen LogP contribution < -0.4 is 34.4 Å². The molecule has 30 heteroatoms. The van der Waals surface area contributed by atoms with E-state index >= 15 is 0 Å². The largest absolute Gasteiger partial charge is 0.461 e. The van der Waals surface area contributed by atoms with Crippen LogP contribution in [0.4, 0.5) is 28.4 Å². The fourth-order valence-corrected chi connectivity index (χ4v) is 21.3. The Morgan fingerprint density at radius 2 is 0.678 bits per heavy atom. The number of amidine groups is 6. The summed E-state index contributed by atoms with van der Waals surface area (Å²) < 4.78 is 10.6. The van der Waals surface area contributed by atoms with Crippen molar-refractivity contribution in [2.45, 2.75) is 69.7 Å². The van der Waals surface area contributed by atoms with Crippen molar-refractivity contribution < 1.29 is 8.83 Å². The van der Waals surface area contributed by atoms with Crippen molar-refractivity contribution in [1.29, 1.82) is 0 Å². The lowest BCUT2D eigenvalue weighted by atomic mass is 9.89. The van der Waals surface area contributed by atoms with Gasteiger partial charge in [-0.3, -0.25) is 4.99 Å². The molecule has 0 unspecified atom stereocenters. The van der Waals surface area contributed by atoms with Gasteiger partial charge < -0.3 is 103 Å². The molecule has 23 rings (SSSR count). The number of likely N-dealkylation sites (N-methyl/N-ethyl adjacent to an activating group) is 4. The lowest BCUT2D eigenvalue weighted by Gasteiger charge is -2.28. The number of aromatic nitrogens is 6. The predicted octanol–water partition coefficient (Wildman–Crippen LogP) is 22.4. The fourth-order valence-electron chi connectivity index (χ4n) is 18.7. The molecular weight excluding hydrogens is 1850 g/mol. The van der Waals surface area contributed by atoms with E-state index in [1.165, 1.54) is 138 Å². The number of nitrogens with two attached hydrogens (primary N) is 6. The standard InChI is InChI=1S/C20H22N4S.C19H22N4O.C19H20N4O.C19H22N4S.C19H20N4S.C17H20N4S/c1-24-8-6-15(7-9-24)17-13-22-18-5-4-14(11-16(17)18)12-23-20(21)19-3-2-10-25-19;4*1-23-8-6-13(7-9-23)16-12-21-17-5-4-14(11-15(16)17)22-19(20)18-3-2-10-24-18;1-21(2)8-7-12-11-19-15-6-5-13(10-14(12)15)20-17(18)16-4-3-9-22-16/h2-6,10-11,13,22H,7-9,12H2,1H3,(H2,21,23);2-5,10-13,21H,6-9H2,1H3,(H2,20,22);2-6,10-12,21H,7-9H2,1H3,(H2,20,22);2-5,10-13,21H,6-9H2,1H3,(H2,20,22);2-6,10-12,21H,7-9H2,1H3,(H2,20,22);3-6,9-11,19H,7-8H2,1-2H3,(H2,18,20). The quantitative estimate of drug-likeness (QED) is 0.0235. The maximum Gasteiger partial charge on any atom is 0.168 e. The Hall–Kier alpha value is -14.3. The van der Waals surface area contributed by atoms with E-state index in [0.717, 1.165) is 155 Å². The molecule has 5 aliphatic rings. The summed E-state index contributed by atoms with van der Waals surface area (Å²) in [6, 6.07) is 60.6. The summed E-state index contributed by atoms with van der Waals surface area (Å²) in [4.78, 5) is 65.6. The number of rotatable bonds is 21. The van der Waals surface area contributed by atoms with Crippen molar-refractivity contribution >= 4 is 191 Å². The lowest BCUT2D eigenvalue weighted by Crippen LogP contribution is -2.29. The van der Waals surface area contributed by atoms with E-state index in [-0.39, 0.29) is 0 Å². The number of aliphatic imine (C=N–C) groups is 6. The van der Waals surface area contributed by atoms with Gasteiger partial charge in [0.25, 0.3) is 0 Å². The Balaban J connectivity index is 0.000000113. The van der Waals surface area contributed by atoms with Gasteiger partial charge in [-0.1, -0.05) is 48.6 Å². The van der Waals surface area contributed by atoms with Gasteiger partial charge in [0.2, 0.25) is 0 Å². The summed E-state index contributed by atoms with van der Waals surface area (Å²) in [6.07, 6.45) is 32.0. The van der Waals surface area contributed by atoms with Crippen LogP contribution in [-0.2, 0) is 13.0 Å². The summed E-state index contributed by atoms with van der Waals surface area (Å²) >= 11 is 6.44. The zero-order valence-corrected chi connectivity index (χ0v) is 85.3. The maximum absolute atomic E-state index is 6.13. The van der Waals surface area contributed by atoms with Gasteiger partial charge in [-0.25, -0.2) is 25.0 Å². The molecule has 0 saturated carbocycles. The summed E-state index contributed by atoms with van der Waals surface area (Å²) in [5.74, 6) is 5.54. The van der Waals surface area contributed by atoms with Crippen molar-refractivity contribution in [3.8, 4) is 0 Å². The van der Waals surface area contributed by atoms with E-state index in [4.69, 9.17) is 43.2 Å². The molecule has 0 radical (unpaired) electrons. The van der Waals surface area contributed by atoms with Crippen molar-refractivity contribution in [3.63, 3.8) is 0 Å². The van der Waals surface area contributed by atoms with Crippen LogP contribution in [0.1, 0.15) is 127 Å². The van der Waals surface area contributed by atoms with Crippen LogP contribution in [0.15, 0.2) is 310 Å². The monoisotopic (exact) mass is 1980 g/mol. The van der Waals surface area contributed by atoms with Gasteiger partial charge in [0.1, 0.15) is 23.3 Å². The molecule has 0 bridgehead atoms. The summed E-state index contributed by atoms with van der Waals surface area (Å²) in [5.41, 5.74) is 61.1. The third-order valence-corrected chi connectivity index (χ3v) is 30.5. The molecule has 2 saturated heterocycles. The molecule has 143 heavy (non-hydrogen) atoms. The molecule has 17 heterocycles. The molecule has 0 spiro atoms. The molecule has 734 valence electrons. The first-order valence-electron chi connectivity index (χ1n) is 48.7. The van der Waals surface area contributed by atoms with E-state index in [2.05, 4.69) is 267 Å². The molecule has 6 aromatic carbocycles. The minimum absolute atomic E-state index is 0.384. The topological polar surface area (TPSA) is 371 Å². The van der Waals surface area contributed by atoms with Crippen LogP contribution in [-0.4, -0.2) is 216 Å². The molecule has 0 amide bonds. The average molecular weight is 1980 g/mol. The van der Waals surface area contributed by atoms with Gasteiger partial charge in [0, 0.05) is 165 Å². The number of hydrogen-bond acceptors (Lipinski definition) is 18. The van der Waals surface area contributed by atoms with E-state index in [9.17, 15) is 0 Å². The molecule has 18 N–H and O–H groups in total. The summed E-state index contributed by atoms with van der Waals surface area (Å²) in [6.45, 7) is 12.6. The van der Waals surface area contributed by atoms with Crippen molar-refractivity contribution in [2.75, 3.05) is 121 Å². The van der Waals surface area contributed by atoms with Crippen molar-refractivity contribution in [2.24, 2.45) is 64.4 Å². The van der Waals surface area contributed by atoms with Crippen LogP contribution >= 0.6 is 45.3 Å². The number of nitrogens with one attached hydrogen (secondary N) is 6. The van der Waals surface area contributed by atoms with E-state index in [1.807, 2.05) is 125 Å². The molecule has 2 fully saturated rings. The Morgan fingerprint density at radius 3 is 1.03 bits per heavy atom. The third kappa shape index (κ3) is 25.1. The second-order valence-corrected chi connectivity index (χ2v) is 41.2. The second-order valence-electron chi connectivity index (χ2n) is 37.4. The van der Waals surface area contributed by atoms with Crippen LogP contribution in [0.5, 0.6) is 0 Å². The number of hydrogen-bond donors (Lipinski definition) is 12. The van der Waals surface area contributed by atoms with E-state index in [0.29, 0.717) is 64.9 Å². The number of benzene rings is 6. The lowest BCUT2D eigenvalue weighted by molar-refractivity contribution is 0.256. The molecule has 5 aliphatic heterocycles. The zero-order chi connectivity index (χ0) is 98.8. The minimum atomic E-state index is 0.384. The number of fused-ring (bicyclic) bond motifs is 6. The highest BCUT2D eigenvalue weighted by Gasteiger charge is 2.26. The van der Waals surface area contributed by atoms with Crippen LogP contribution in [0.3, 0.4) is 0 Å². The number of H-pyrrole nitrogens is 6. The fraction of sp³-hybridized carbons (Fsp3) is 0.257. The highest BCUT2D eigenvalue weighted by Crippen LogP contribution is 2.40. The Kier molecular flexibility index (Phi) is 32.2. The van der Waals surface area contributed by atoms with Crippen LogP contribution in [0.25, 0.3) is 82.1 Å². The highest BCUT2D eigenvalue weighted by atomic mass is 32.1. The van der Waals surface area contributed by atoms with Crippen LogP contribution in [0.2, 0.25) is 0 Å². The van der Waals surface area contributed by atoms with Gasteiger partial charge >= 0.3 is 0 Å². The first kappa shape index (κ1) is 98.9. The van der Waals surface area contributed by atoms with Gasteiger partial charge in [-0.05, 0) is 351 Å². The number of likely N-dealkylation sites (tertiary alicyclic amines) is 2. The summed E-state index contributed by atoms with van der Waals surface area (Å²) in [7, 11) is 15.0. The minimum Gasteiger partial charge on any atom is -0.461 e. The normalized spacial score (nSPS) is 16.2. The van der Waals surface area contributed by atoms with Gasteiger partial charge in [0.05, 0.1) is 67.0 Å². The number of aromatic amines is 6. The number of nitrogens with zero attached hydrogens (tertiary/aromatic N) is 12. The molecule has 0 atom stereocenters. The number of furan rings is 2. The second kappa shape index (κ2) is 46.6. The highest BCUT2D eigenvalue weighted by molar-refractivity contribution is 7.13. The van der Waals surface area contributed by atoms with Gasteiger partial charge in [0.15, 0.2) is 23.2 Å². The van der Waals surface area contributed by atoms with Crippen molar-refractivity contribution in [3.05, 3.63) is 341 Å². The molecule has 0 aliphatic carbocycles.